The molecule has 2 aromatic rings. The van der Waals surface area contributed by atoms with Crippen LogP contribution in [0.25, 0.3) is 11.3 Å². The number of carbonyl (C=O) groups is 2. The van der Waals surface area contributed by atoms with E-state index in [2.05, 4.69) is 34.1 Å². The van der Waals surface area contributed by atoms with Gasteiger partial charge in [0, 0.05) is 30.4 Å². The van der Waals surface area contributed by atoms with Gasteiger partial charge in [-0.1, -0.05) is 31.4 Å². The van der Waals surface area contributed by atoms with Crippen LogP contribution in [0.3, 0.4) is 0 Å². The average molecular weight is 425 g/mol. The molecule has 1 aromatic carbocycles. The molecule has 0 aliphatic carbocycles. The number of benzene rings is 1. The zero-order valence-corrected chi connectivity index (χ0v) is 18.0. The average Bonchev–Trinajstić information content (AvgIpc) is 3.27. The Hall–Kier alpha value is -3.65. The summed E-state index contributed by atoms with van der Waals surface area (Å²) in [5, 5.41) is 8.54. The lowest BCUT2D eigenvalue weighted by Gasteiger charge is -2.26. The van der Waals surface area contributed by atoms with Crippen molar-refractivity contribution in [3.8, 4) is 17.1 Å². The second-order valence-electron chi connectivity index (χ2n) is 7.36. The van der Waals surface area contributed by atoms with E-state index in [1.54, 1.807) is 36.5 Å². The zero-order chi connectivity index (χ0) is 22.9. The molecule has 8 heteroatoms. The summed E-state index contributed by atoms with van der Waals surface area (Å²) < 4.78 is 10.6. The first kappa shape index (κ1) is 23.6. The molecule has 0 spiro atoms. The Kier molecular flexibility index (Phi) is 8.33. The summed E-state index contributed by atoms with van der Waals surface area (Å²) in [6.07, 6.45) is 8.14. The van der Waals surface area contributed by atoms with Gasteiger partial charge in [0.1, 0.15) is 5.75 Å². The molecule has 0 aliphatic rings. The fourth-order valence-electron chi connectivity index (χ4n) is 2.79. The monoisotopic (exact) mass is 424 g/mol. The van der Waals surface area contributed by atoms with Crippen molar-refractivity contribution in [2.24, 2.45) is 0 Å². The van der Waals surface area contributed by atoms with E-state index in [0.717, 1.165) is 5.57 Å². The molecule has 0 unspecified atom stereocenters. The van der Waals surface area contributed by atoms with E-state index in [-0.39, 0.29) is 0 Å². The molecular formula is C23H28N4O4. The van der Waals surface area contributed by atoms with E-state index < -0.39 is 17.4 Å². The van der Waals surface area contributed by atoms with Crippen LogP contribution < -0.4 is 20.7 Å². The number of carbonyl (C=O) groups excluding carboxylic acids is 2. The first-order valence-electron chi connectivity index (χ1n) is 9.64. The van der Waals surface area contributed by atoms with E-state index in [9.17, 15) is 9.59 Å². The number of nitrogens with zero attached hydrogens (tertiary/aromatic N) is 1. The number of hydrogen-bond donors (Lipinski definition) is 3. The van der Waals surface area contributed by atoms with Crippen LogP contribution in [0.1, 0.15) is 13.8 Å². The largest absolute Gasteiger partial charge is 0.496 e. The summed E-state index contributed by atoms with van der Waals surface area (Å²) in [5.41, 5.74) is 1.42. The highest BCUT2D eigenvalue weighted by atomic mass is 16.5. The Balaban J connectivity index is 1.95. The lowest BCUT2D eigenvalue weighted by atomic mass is 10.1. The van der Waals surface area contributed by atoms with Crippen LogP contribution in [0.2, 0.25) is 0 Å². The molecule has 1 heterocycles. The highest BCUT2D eigenvalue weighted by Crippen LogP contribution is 2.32. The summed E-state index contributed by atoms with van der Waals surface area (Å²) in [7, 11) is 1.51. The third-order valence-electron chi connectivity index (χ3n) is 4.31. The van der Waals surface area contributed by atoms with Crippen LogP contribution in [0.4, 0.5) is 5.69 Å². The van der Waals surface area contributed by atoms with E-state index in [1.165, 1.54) is 13.5 Å². The lowest BCUT2D eigenvalue weighted by molar-refractivity contribution is -0.137. The number of rotatable bonds is 10. The Labute approximate surface area is 182 Å². The van der Waals surface area contributed by atoms with Gasteiger partial charge in [0.05, 0.1) is 18.9 Å². The van der Waals surface area contributed by atoms with Crippen molar-refractivity contribution in [2.75, 3.05) is 25.5 Å². The molecular weight excluding hydrogens is 396 g/mol. The SMILES string of the molecule is C=CC=C(C=C)CNCC(C)(C)NC(=O)C(=O)Nc1ccc(-c2cnco2)c(OC)c1. The first-order valence-corrected chi connectivity index (χ1v) is 9.64. The van der Waals surface area contributed by atoms with Gasteiger partial charge in [-0.15, -0.1) is 0 Å². The summed E-state index contributed by atoms with van der Waals surface area (Å²) in [4.78, 5) is 28.6. The predicted octanol–water partition coefficient (Wildman–Crippen LogP) is 3.07. The van der Waals surface area contributed by atoms with Gasteiger partial charge in [-0.2, -0.15) is 0 Å². The van der Waals surface area contributed by atoms with Crippen molar-refractivity contribution in [3.63, 3.8) is 0 Å². The molecule has 0 bridgehead atoms. The van der Waals surface area contributed by atoms with Gasteiger partial charge in [-0.25, -0.2) is 4.98 Å². The van der Waals surface area contributed by atoms with Crippen LogP contribution >= 0.6 is 0 Å². The summed E-state index contributed by atoms with van der Waals surface area (Å²) in [6.45, 7) is 12.1. The normalized spacial score (nSPS) is 11.5. The molecule has 2 rings (SSSR count). The maximum atomic E-state index is 12.4. The quantitative estimate of drug-likeness (QED) is 0.400. The maximum Gasteiger partial charge on any atom is 0.313 e. The summed E-state index contributed by atoms with van der Waals surface area (Å²) in [6, 6.07) is 4.98. The number of methoxy groups -OCH3 is 1. The molecule has 0 radical (unpaired) electrons. The third-order valence-corrected chi connectivity index (χ3v) is 4.31. The minimum Gasteiger partial charge on any atom is -0.496 e. The minimum atomic E-state index is -0.777. The molecule has 164 valence electrons. The van der Waals surface area contributed by atoms with Gasteiger partial charge < -0.3 is 25.1 Å². The number of nitrogens with one attached hydrogen (secondary N) is 3. The zero-order valence-electron chi connectivity index (χ0n) is 18.0. The van der Waals surface area contributed by atoms with Gasteiger partial charge >= 0.3 is 11.8 Å². The van der Waals surface area contributed by atoms with Crippen LogP contribution in [0, 0.1) is 0 Å². The van der Waals surface area contributed by atoms with E-state index in [0.29, 0.717) is 35.9 Å². The Morgan fingerprint density at radius 2 is 2.03 bits per heavy atom. The van der Waals surface area contributed by atoms with Crippen LogP contribution in [0.5, 0.6) is 5.75 Å². The fraction of sp³-hybridized carbons (Fsp3) is 0.261. The van der Waals surface area contributed by atoms with Gasteiger partial charge in [-0.3, -0.25) is 9.59 Å². The fourth-order valence-corrected chi connectivity index (χ4v) is 2.79. The van der Waals surface area contributed by atoms with E-state index in [1.807, 2.05) is 19.9 Å². The van der Waals surface area contributed by atoms with Gasteiger partial charge in [-0.05, 0) is 31.6 Å². The number of ether oxygens (including phenoxy) is 1. The summed E-state index contributed by atoms with van der Waals surface area (Å²) >= 11 is 0. The lowest BCUT2D eigenvalue weighted by Crippen LogP contribution is -2.53. The summed E-state index contributed by atoms with van der Waals surface area (Å²) in [5.74, 6) is -0.508. The number of oxazole rings is 1. The van der Waals surface area contributed by atoms with Crippen LogP contribution in [-0.4, -0.2) is 42.5 Å². The van der Waals surface area contributed by atoms with Crippen molar-refractivity contribution < 1.29 is 18.7 Å². The van der Waals surface area contributed by atoms with Crippen LogP contribution in [0.15, 0.2) is 72.2 Å². The first-order chi connectivity index (χ1) is 14.8. The van der Waals surface area contributed by atoms with Crippen molar-refractivity contribution in [3.05, 3.63) is 67.7 Å². The van der Waals surface area contributed by atoms with E-state index >= 15 is 0 Å². The van der Waals surface area contributed by atoms with Crippen molar-refractivity contribution in [1.29, 1.82) is 0 Å². The molecule has 2 amide bonds. The molecule has 0 saturated heterocycles. The molecule has 1 aromatic heterocycles. The molecule has 31 heavy (non-hydrogen) atoms. The molecule has 0 saturated carbocycles. The van der Waals surface area contributed by atoms with E-state index in [4.69, 9.17) is 9.15 Å². The Bertz CT molecular complexity index is 962. The van der Waals surface area contributed by atoms with Crippen molar-refractivity contribution >= 4 is 17.5 Å². The smallest absolute Gasteiger partial charge is 0.313 e. The highest BCUT2D eigenvalue weighted by molar-refractivity contribution is 6.39. The Morgan fingerprint density at radius 3 is 2.65 bits per heavy atom. The topological polar surface area (TPSA) is 105 Å². The molecule has 8 nitrogen and oxygen atoms in total. The molecule has 0 fully saturated rings. The number of anilines is 1. The number of aromatic nitrogens is 1. The van der Waals surface area contributed by atoms with Gasteiger partial charge in [0.2, 0.25) is 0 Å². The number of allylic oxidation sites excluding steroid dienone is 2. The van der Waals surface area contributed by atoms with Crippen molar-refractivity contribution in [2.45, 2.75) is 19.4 Å². The standard InChI is InChI=1S/C23H28N4O4/c1-6-8-16(7-2)12-24-14-23(3,4)27-22(29)21(28)26-17-9-10-18(19(11-17)30-5)20-13-25-15-31-20/h6-11,13,15,24H,1-2,12,14H2,3-5H3,(H,26,28)(H,27,29). The second-order valence-corrected chi connectivity index (χ2v) is 7.36. The molecule has 0 aliphatic heterocycles. The molecule has 3 N–H and O–H groups in total. The minimum absolute atomic E-state index is 0.418. The number of amides is 2. The van der Waals surface area contributed by atoms with Crippen molar-refractivity contribution in [1.82, 2.24) is 15.6 Å². The second kappa shape index (κ2) is 10.9. The third kappa shape index (κ3) is 6.97. The van der Waals surface area contributed by atoms with Gasteiger partial charge in [0.15, 0.2) is 12.2 Å². The maximum absolute atomic E-state index is 12.4. The highest BCUT2D eigenvalue weighted by Gasteiger charge is 2.24. The Morgan fingerprint density at radius 1 is 1.26 bits per heavy atom. The number of hydrogen-bond acceptors (Lipinski definition) is 6. The van der Waals surface area contributed by atoms with Gasteiger partial charge in [0.25, 0.3) is 0 Å². The molecule has 0 atom stereocenters. The van der Waals surface area contributed by atoms with Crippen LogP contribution in [-0.2, 0) is 9.59 Å². The predicted molar refractivity (Wildman–Crippen MR) is 121 cm³/mol.